The first-order chi connectivity index (χ1) is 13.2. The summed E-state index contributed by atoms with van der Waals surface area (Å²) in [5.74, 6) is 0. The molecule has 0 aliphatic carbocycles. The molecule has 138 valence electrons. The highest BCUT2D eigenvalue weighted by molar-refractivity contribution is 8.21. The first kappa shape index (κ1) is 19.3. The summed E-state index contributed by atoms with van der Waals surface area (Å²) in [7, 11) is 6.93. The average Bonchev–Trinajstić information content (AvgIpc) is 2.70. The highest BCUT2D eigenvalue weighted by atomic mass is 35.7. The summed E-state index contributed by atoms with van der Waals surface area (Å²) in [6, 6.07) is 22.6. The van der Waals surface area contributed by atoms with E-state index in [2.05, 4.69) is 10.6 Å². The van der Waals surface area contributed by atoms with Gasteiger partial charge in [-0.25, -0.2) is 4.79 Å². The van der Waals surface area contributed by atoms with Crippen LogP contribution in [-0.4, -0.2) is 17.7 Å². The van der Waals surface area contributed by atoms with Crippen molar-refractivity contribution in [2.45, 2.75) is 11.3 Å². The molecule has 3 N–H and O–H groups in total. The fourth-order valence-corrected chi connectivity index (χ4v) is 3.29. The summed E-state index contributed by atoms with van der Waals surface area (Å²) in [6.07, 6.45) is 0.489. The molecule has 0 aliphatic heterocycles. The SMILES string of the molecule is O=C(Nc1cccc(-c2ccc(SCl)cc2)c1)Nc1ccccc1CCO. The second-order valence-corrected chi connectivity index (χ2v) is 6.98. The zero-order valence-corrected chi connectivity index (χ0v) is 16.1. The van der Waals surface area contributed by atoms with Crippen molar-refractivity contribution in [3.63, 3.8) is 0 Å². The molecular weight excluding hydrogens is 380 g/mol. The van der Waals surface area contributed by atoms with E-state index in [1.165, 1.54) is 11.0 Å². The van der Waals surface area contributed by atoms with E-state index in [0.717, 1.165) is 21.6 Å². The molecule has 0 atom stereocenters. The van der Waals surface area contributed by atoms with E-state index in [1.54, 1.807) is 0 Å². The van der Waals surface area contributed by atoms with Crippen molar-refractivity contribution in [3.8, 4) is 11.1 Å². The molecule has 0 saturated heterocycles. The molecule has 0 aromatic heterocycles. The molecule has 3 rings (SSSR count). The molecule has 3 aromatic carbocycles. The molecule has 27 heavy (non-hydrogen) atoms. The number of hydrogen-bond donors (Lipinski definition) is 3. The van der Waals surface area contributed by atoms with Crippen LogP contribution in [0.5, 0.6) is 0 Å². The Hall–Kier alpha value is -2.47. The van der Waals surface area contributed by atoms with Crippen molar-refractivity contribution in [3.05, 3.63) is 78.4 Å². The maximum atomic E-state index is 12.4. The fourth-order valence-electron chi connectivity index (χ4n) is 2.74. The van der Waals surface area contributed by atoms with Gasteiger partial charge in [0.1, 0.15) is 0 Å². The highest BCUT2D eigenvalue weighted by Crippen LogP contribution is 2.27. The zero-order chi connectivity index (χ0) is 19.1. The van der Waals surface area contributed by atoms with Gasteiger partial charge in [0.15, 0.2) is 0 Å². The quantitative estimate of drug-likeness (QED) is 0.493. The first-order valence-electron chi connectivity index (χ1n) is 8.45. The second kappa shape index (κ2) is 9.46. The van der Waals surface area contributed by atoms with Gasteiger partial charge >= 0.3 is 6.03 Å². The minimum Gasteiger partial charge on any atom is -0.396 e. The lowest BCUT2D eigenvalue weighted by Crippen LogP contribution is -2.20. The normalized spacial score (nSPS) is 10.4. The number of carbonyl (C=O) groups is 1. The van der Waals surface area contributed by atoms with Gasteiger partial charge in [-0.15, -0.1) is 0 Å². The zero-order valence-electron chi connectivity index (χ0n) is 14.5. The van der Waals surface area contributed by atoms with Crippen LogP contribution in [0.15, 0.2) is 77.7 Å². The number of amides is 2. The summed E-state index contributed by atoms with van der Waals surface area (Å²) in [5, 5.41) is 14.8. The van der Waals surface area contributed by atoms with E-state index >= 15 is 0 Å². The van der Waals surface area contributed by atoms with Crippen LogP contribution in [0.2, 0.25) is 0 Å². The first-order valence-corrected chi connectivity index (χ1v) is 10.1. The standard InChI is InChI=1S/C21H19ClN2O2S/c22-27-19-10-8-15(9-11-19)17-5-3-6-18(14-17)23-21(26)24-20-7-2-1-4-16(20)12-13-25/h1-11,14,25H,12-13H2,(H2,23,24,26). The van der Waals surface area contributed by atoms with E-state index in [0.29, 0.717) is 17.8 Å². The number of benzene rings is 3. The number of hydrogen-bond acceptors (Lipinski definition) is 3. The molecule has 0 fully saturated rings. The summed E-state index contributed by atoms with van der Waals surface area (Å²) >= 11 is 0. The van der Waals surface area contributed by atoms with Crippen molar-refractivity contribution in [1.29, 1.82) is 0 Å². The molecule has 0 unspecified atom stereocenters. The Morgan fingerprint density at radius 1 is 0.926 bits per heavy atom. The lowest BCUT2D eigenvalue weighted by Gasteiger charge is -2.12. The smallest absolute Gasteiger partial charge is 0.323 e. The Bertz CT molecular complexity index is 916. The van der Waals surface area contributed by atoms with Crippen LogP contribution < -0.4 is 10.6 Å². The summed E-state index contributed by atoms with van der Waals surface area (Å²) in [4.78, 5) is 13.3. The Labute approximate surface area is 167 Å². The van der Waals surface area contributed by atoms with E-state index in [1.807, 2.05) is 72.8 Å². The van der Waals surface area contributed by atoms with Crippen molar-refractivity contribution in [2.24, 2.45) is 0 Å². The number of para-hydroxylation sites is 1. The van der Waals surface area contributed by atoms with Gasteiger partial charge in [-0.1, -0.05) is 42.5 Å². The average molecular weight is 399 g/mol. The third-order valence-electron chi connectivity index (χ3n) is 4.04. The molecule has 0 spiro atoms. The lowest BCUT2D eigenvalue weighted by molar-refractivity contribution is 0.262. The van der Waals surface area contributed by atoms with Crippen LogP contribution in [0.3, 0.4) is 0 Å². The topological polar surface area (TPSA) is 61.4 Å². The number of carbonyl (C=O) groups excluding carboxylic acids is 1. The van der Waals surface area contributed by atoms with Gasteiger partial charge in [0.05, 0.1) is 0 Å². The number of nitrogens with one attached hydrogen (secondary N) is 2. The molecule has 6 heteroatoms. The lowest BCUT2D eigenvalue weighted by atomic mass is 10.1. The van der Waals surface area contributed by atoms with Gasteiger partial charge in [0.25, 0.3) is 0 Å². The number of aliphatic hydroxyl groups excluding tert-OH is 1. The van der Waals surface area contributed by atoms with Gasteiger partial charge in [0.2, 0.25) is 0 Å². The maximum Gasteiger partial charge on any atom is 0.323 e. The Balaban J connectivity index is 1.71. The Morgan fingerprint density at radius 3 is 2.44 bits per heavy atom. The van der Waals surface area contributed by atoms with Crippen LogP contribution in [0.25, 0.3) is 11.1 Å². The molecule has 0 bridgehead atoms. The van der Waals surface area contributed by atoms with Crippen molar-refractivity contribution in [1.82, 2.24) is 0 Å². The third kappa shape index (κ3) is 5.26. The van der Waals surface area contributed by atoms with Gasteiger partial charge in [-0.3, -0.25) is 0 Å². The monoisotopic (exact) mass is 398 g/mol. The number of aliphatic hydroxyl groups is 1. The number of rotatable bonds is 6. The predicted molar refractivity (Wildman–Crippen MR) is 113 cm³/mol. The molecule has 3 aromatic rings. The van der Waals surface area contributed by atoms with E-state index in [4.69, 9.17) is 15.8 Å². The van der Waals surface area contributed by atoms with E-state index in [-0.39, 0.29) is 12.6 Å². The minimum absolute atomic E-state index is 0.0311. The van der Waals surface area contributed by atoms with Crippen LogP contribution in [-0.2, 0) is 6.42 Å². The molecular formula is C21H19ClN2O2S. The summed E-state index contributed by atoms with van der Waals surface area (Å²) in [5.41, 5.74) is 4.32. The Kier molecular flexibility index (Phi) is 6.76. The van der Waals surface area contributed by atoms with Gasteiger partial charge < -0.3 is 15.7 Å². The number of urea groups is 1. The van der Waals surface area contributed by atoms with E-state index in [9.17, 15) is 4.79 Å². The largest absolute Gasteiger partial charge is 0.396 e. The van der Waals surface area contributed by atoms with Crippen LogP contribution in [0.1, 0.15) is 5.56 Å². The number of halogens is 1. The molecule has 2 amide bonds. The molecule has 0 radical (unpaired) electrons. The predicted octanol–water partition coefficient (Wildman–Crippen LogP) is 5.78. The van der Waals surface area contributed by atoms with Crippen LogP contribution >= 0.6 is 21.7 Å². The summed E-state index contributed by atoms with van der Waals surface area (Å²) < 4.78 is 0. The van der Waals surface area contributed by atoms with Gasteiger partial charge in [-0.2, -0.15) is 0 Å². The third-order valence-corrected chi connectivity index (χ3v) is 5.03. The fraction of sp³-hybridized carbons (Fsp3) is 0.0952. The molecule has 0 aliphatic rings. The van der Waals surface area contributed by atoms with Gasteiger partial charge in [0, 0.05) is 22.9 Å². The highest BCUT2D eigenvalue weighted by Gasteiger charge is 2.07. The minimum atomic E-state index is -0.327. The molecule has 0 heterocycles. The Morgan fingerprint density at radius 2 is 1.70 bits per heavy atom. The van der Waals surface area contributed by atoms with Crippen molar-refractivity contribution >= 4 is 39.1 Å². The van der Waals surface area contributed by atoms with Crippen LogP contribution in [0.4, 0.5) is 16.2 Å². The van der Waals surface area contributed by atoms with Crippen molar-refractivity contribution in [2.75, 3.05) is 17.2 Å². The van der Waals surface area contributed by atoms with Crippen LogP contribution in [0, 0.1) is 0 Å². The molecule has 4 nitrogen and oxygen atoms in total. The second-order valence-electron chi connectivity index (χ2n) is 5.89. The van der Waals surface area contributed by atoms with Crippen molar-refractivity contribution < 1.29 is 9.90 Å². The number of anilines is 2. The molecule has 0 saturated carbocycles. The summed E-state index contributed by atoms with van der Waals surface area (Å²) in [6.45, 7) is 0.0311. The maximum absolute atomic E-state index is 12.4. The van der Waals surface area contributed by atoms with Gasteiger partial charge in [-0.05, 0) is 75.1 Å². The van der Waals surface area contributed by atoms with E-state index < -0.39 is 0 Å².